The van der Waals surface area contributed by atoms with Crippen molar-refractivity contribution < 1.29 is 4.43 Å². The first-order valence-electron chi connectivity index (χ1n) is 9.54. The summed E-state index contributed by atoms with van der Waals surface area (Å²) in [4.78, 5) is 0. The molecule has 0 aliphatic heterocycles. The Hall–Kier alpha value is -0.843. The van der Waals surface area contributed by atoms with Gasteiger partial charge in [0, 0.05) is 10.7 Å². The van der Waals surface area contributed by atoms with Crippen LogP contribution in [0.25, 0.3) is 0 Å². The molecule has 4 heteroatoms. The Labute approximate surface area is 182 Å². The fourth-order valence-corrected chi connectivity index (χ4v) is 8.67. The lowest BCUT2D eigenvalue weighted by molar-refractivity contribution is 0.436. The van der Waals surface area contributed by atoms with Crippen LogP contribution in [-0.2, 0) is 4.43 Å². The number of benzene rings is 2. The molecule has 0 radical (unpaired) electrons. The maximum Gasteiger partial charge on any atom is 0.319 e. The molecule has 1 nitrogen and oxygen atoms in total. The second kappa shape index (κ2) is 10.6. The average Bonchev–Trinajstić information content (AvgIpc) is 2.67. The van der Waals surface area contributed by atoms with E-state index in [0.29, 0.717) is 0 Å². The van der Waals surface area contributed by atoms with Gasteiger partial charge in [-0.25, -0.2) is 0 Å². The summed E-state index contributed by atoms with van der Waals surface area (Å²) in [5.41, 5.74) is 1.37. The van der Waals surface area contributed by atoms with E-state index < -0.39 is 8.32 Å². The van der Waals surface area contributed by atoms with Crippen LogP contribution in [0.1, 0.15) is 40.0 Å². The van der Waals surface area contributed by atoms with Crippen LogP contribution in [-0.4, -0.2) is 19.0 Å². The van der Waals surface area contributed by atoms with Gasteiger partial charge >= 0.3 is 8.32 Å². The molecule has 0 aliphatic carbocycles. The Morgan fingerprint density at radius 2 is 1.37 bits per heavy atom. The largest absolute Gasteiger partial charge is 0.540 e. The maximum absolute atomic E-state index is 6.92. The molecular formula is C23H30Br2OSi. The molecule has 146 valence electrons. The molecule has 0 N–H and O–H groups in total. The molecule has 2 aromatic rings. The van der Waals surface area contributed by atoms with Gasteiger partial charge in [-0.2, -0.15) is 0 Å². The highest BCUT2D eigenvalue weighted by atomic mass is 79.9. The van der Waals surface area contributed by atoms with Crippen LogP contribution in [0.3, 0.4) is 0 Å². The Bertz CT molecular complexity index is 669. The zero-order valence-corrected chi connectivity index (χ0v) is 20.7. The van der Waals surface area contributed by atoms with Crippen LogP contribution in [0.2, 0.25) is 5.04 Å². The highest BCUT2D eigenvalue weighted by molar-refractivity contribution is 9.09. The summed E-state index contributed by atoms with van der Waals surface area (Å²) in [5, 5.41) is 4.62. The van der Waals surface area contributed by atoms with Crippen molar-refractivity contribution in [2.75, 3.05) is 10.7 Å². The van der Waals surface area contributed by atoms with E-state index in [1.165, 1.54) is 15.9 Å². The summed E-state index contributed by atoms with van der Waals surface area (Å²) in [5.74, 6) is 0. The maximum atomic E-state index is 6.92. The highest BCUT2D eigenvalue weighted by Crippen LogP contribution is 2.37. The number of hydrogen-bond acceptors (Lipinski definition) is 1. The summed E-state index contributed by atoms with van der Waals surface area (Å²) >= 11 is 7.15. The Morgan fingerprint density at radius 1 is 0.852 bits per heavy atom. The third kappa shape index (κ3) is 5.58. The van der Waals surface area contributed by atoms with Crippen molar-refractivity contribution in [1.82, 2.24) is 0 Å². The van der Waals surface area contributed by atoms with E-state index in [4.69, 9.17) is 4.43 Å². The standard InChI is InChI=1S/C23H30Br2OSi/c1-23(2,3)27(21-12-6-4-7-13-21,22-14-8-5-9-15-22)26-19-20(16-18-25)11-10-17-24/h4-9,12-15,19H,10-11,16-18H2,1-3H3/b20-19+. The van der Waals surface area contributed by atoms with E-state index in [1.54, 1.807) is 0 Å². The molecule has 0 unspecified atom stereocenters. The lowest BCUT2D eigenvalue weighted by Gasteiger charge is -2.42. The number of rotatable bonds is 9. The van der Waals surface area contributed by atoms with Gasteiger partial charge in [-0.1, -0.05) is 113 Å². The molecule has 27 heavy (non-hydrogen) atoms. The summed E-state index contributed by atoms with van der Waals surface area (Å²) < 4.78 is 6.92. The van der Waals surface area contributed by atoms with E-state index in [0.717, 1.165) is 29.9 Å². The third-order valence-corrected chi connectivity index (χ3v) is 10.7. The Kier molecular flexibility index (Phi) is 8.84. The molecule has 0 bridgehead atoms. The zero-order valence-electron chi connectivity index (χ0n) is 16.6. The van der Waals surface area contributed by atoms with Gasteiger partial charge in [-0.3, -0.25) is 0 Å². The minimum atomic E-state index is -2.48. The van der Waals surface area contributed by atoms with E-state index in [9.17, 15) is 0 Å². The van der Waals surface area contributed by atoms with Crippen molar-refractivity contribution in [2.24, 2.45) is 0 Å². The summed E-state index contributed by atoms with van der Waals surface area (Å²) in [7, 11) is -2.48. The van der Waals surface area contributed by atoms with Crippen LogP contribution in [0.4, 0.5) is 0 Å². The SMILES string of the molecule is CC(C)(C)[Si](O/C=C(/CCBr)CCCBr)(c1ccccc1)c1ccccc1. The second-order valence-electron chi connectivity index (χ2n) is 7.79. The number of halogens is 2. The van der Waals surface area contributed by atoms with Gasteiger partial charge in [0.05, 0.1) is 6.26 Å². The molecular weight excluding hydrogens is 480 g/mol. The minimum absolute atomic E-state index is 0.00113. The number of hydrogen-bond donors (Lipinski definition) is 0. The van der Waals surface area contributed by atoms with Crippen LogP contribution in [0.5, 0.6) is 0 Å². The predicted molar refractivity (Wildman–Crippen MR) is 128 cm³/mol. The fraction of sp³-hybridized carbons (Fsp3) is 0.391. The molecule has 0 aliphatic rings. The van der Waals surface area contributed by atoms with Crippen LogP contribution < -0.4 is 10.4 Å². The first-order valence-corrected chi connectivity index (χ1v) is 13.7. The molecule has 0 spiro atoms. The molecule has 0 saturated heterocycles. The highest BCUT2D eigenvalue weighted by Gasteiger charge is 2.51. The molecule has 0 fully saturated rings. The average molecular weight is 510 g/mol. The molecule has 0 aromatic heterocycles. The van der Waals surface area contributed by atoms with Crippen LogP contribution in [0.15, 0.2) is 72.5 Å². The van der Waals surface area contributed by atoms with Crippen molar-refractivity contribution in [3.8, 4) is 0 Å². The normalized spacial score (nSPS) is 12.9. The van der Waals surface area contributed by atoms with Crippen LogP contribution >= 0.6 is 31.9 Å². The van der Waals surface area contributed by atoms with Gasteiger partial charge in [0.2, 0.25) is 0 Å². The van der Waals surface area contributed by atoms with Gasteiger partial charge < -0.3 is 4.43 Å². The first kappa shape index (κ1) is 22.4. The molecule has 0 amide bonds. The number of alkyl halides is 2. The van der Waals surface area contributed by atoms with E-state index in [2.05, 4.69) is 120 Å². The monoisotopic (exact) mass is 508 g/mol. The van der Waals surface area contributed by atoms with Gasteiger partial charge in [0.15, 0.2) is 0 Å². The molecule has 0 heterocycles. The van der Waals surface area contributed by atoms with Gasteiger partial charge in [0.25, 0.3) is 0 Å². The predicted octanol–water partition coefficient (Wildman–Crippen LogP) is 6.41. The lowest BCUT2D eigenvalue weighted by atomic mass is 10.1. The van der Waals surface area contributed by atoms with Gasteiger partial charge in [-0.05, 0) is 40.2 Å². The topological polar surface area (TPSA) is 9.23 Å². The minimum Gasteiger partial charge on any atom is -0.540 e. The van der Waals surface area contributed by atoms with Crippen molar-refractivity contribution in [1.29, 1.82) is 0 Å². The third-order valence-electron chi connectivity index (χ3n) is 4.87. The molecule has 0 atom stereocenters. The summed E-state index contributed by atoms with van der Waals surface area (Å²) in [6.07, 6.45) is 5.30. The van der Waals surface area contributed by atoms with E-state index >= 15 is 0 Å². The second-order valence-corrected chi connectivity index (χ2v) is 13.6. The summed E-state index contributed by atoms with van der Waals surface area (Å²) in [6.45, 7) is 6.95. The van der Waals surface area contributed by atoms with E-state index in [1.807, 2.05) is 0 Å². The summed E-state index contributed by atoms with van der Waals surface area (Å²) in [6, 6.07) is 21.6. The lowest BCUT2D eigenvalue weighted by Crippen LogP contribution is -2.65. The molecule has 0 saturated carbocycles. The van der Waals surface area contributed by atoms with Crippen LogP contribution in [0, 0.1) is 0 Å². The van der Waals surface area contributed by atoms with Crippen molar-refractivity contribution in [3.05, 3.63) is 72.5 Å². The fourth-order valence-electron chi connectivity index (χ4n) is 3.52. The number of allylic oxidation sites excluding steroid dienone is 1. The van der Waals surface area contributed by atoms with Gasteiger partial charge in [0.1, 0.15) is 0 Å². The Morgan fingerprint density at radius 3 is 1.78 bits per heavy atom. The molecule has 2 rings (SSSR count). The zero-order chi connectivity index (χ0) is 19.8. The first-order chi connectivity index (χ1) is 13.0. The Balaban J connectivity index is 2.58. The van der Waals surface area contributed by atoms with E-state index in [-0.39, 0.29) is 5.04 Å². The van der Waals surface area contributed by atoms with Crippen molar-refractivity contribution >= 4 is 50.6 Å². The molecule has 2 aromatic carbocycles. The van der Waals surface area contributed by atoms with Crippen molar-refractivity contribution in [2.45, 2.75) is 45.1 Å². The van der Waals surface area contributed by atoms with Gasteiger partial charge in [-0.15, -0.1) is 0 Å². The van der Waals surface area contributed by atoms with Crippen molar-refractivity contribution in [3.63, 3.8) is 0 Å². The smallest absolute Gasteiger partial charge is 0.319 e. The quantitative estimate of drug-likeness (QED) is 0.215.